The lowest BCUT2D eigenvalue weighted by Gasteiger charge is -2.37. The zero-order chi connectivity index (χ0) is 12.6. The fraction of sp³-hybridized carbons (Fsp3) is 0.600. The van der Waals surface area contributed by atoms with Gasteiger partial charge in [-0.1, -0.05) is 13.0 Å². The first-order valence-corrected chi connectivity index (χ1v) is 6.81. The van der Waals surface area contributed by atoms with Gasteiger partial charge in [0.15, 0.2) is 0 Å². The summed E-state index contributed by atoms with van der Waals surface area (Å²) in [5.41, 5.74) is 1.52. The van der Waals surface area contributed by atoms with Crippen LogP contribution >= 0.6 is 0 Å². The number of ether oxygens (including phenoxy) is 2. The van der Waals surface area contributed by atoms with Crippen molar-refractivity contribution in [2.45, 2.75) is 44.3 Å². The molecule has 0 bridgehead atoms. The van der Waals surface area contributed by atoms with E-state index in [1.807, 2.05) is 12.1 Å². The summed E-state index contributed by atoms with van der Waals surface area (Å²) in [6, 6.07) is 6.11. The molecule has 2 unspecified atom stereocenters. The number of rotatable bonds is 2. The van der Waals surface area contributed by atoms with Gasteiger partial charge in [-0.3, -0.25) is 0 Å². The lowest BCUT2D eigenvalue weighted by Crippen LogP contribution is -2.38. The highest BCUT2D eigenvalue weighted by Gasteiger charge is 2.36. The lowest BCUT2D eigenvalue weighted by molar-refractivity contribution is -0.108. The van der Waals surface area contributed by atoms with Crippen LogP contribution in [-0.2, 0) is 16.8 Å². The zero-order valence-corrected chi connectivity index (χ0v) is 10.8. The highest BCUT2D eigenvalue weighted by atomic mass is 16.5. The second-order valence-corrected chi connectivity index (χ2v) is 5.31. The summed E-state index contributed by atoms with van der Waals surface area (Å²) < 4.78 is 11.2. The van der Waals surface area contributed by atoms with E-state index in [0.717, 1.165) is 30.8 Å². The predicted molar refractivity (Wildman–Crippen MR) is 68.8 cm³/mol. The lowest BCUT2D eigenvalue weighted by atomic mass is 9.82. The van der Waals surface area contributed by atoms with E-state index < -0.39 is 5.60 Å². The number of fused-ring (bicyclic) bond motifs is 1. The van der Waals surface area contributed by atoms with Gasteiger partial charge in [0.2, 0.25) is 0 Å². The molecule has 1 saturated heterocycles. The maximum atomic E-state index is 10.9. The first-order chi connectivity index (χ1) is 8.71. The van der Waals surface area contributed by atoms with Crippen molar-refractivity contribution in [2.75, 3.05) is 13.2 Å². The van der Waals surface area contributed by atoms with Crippen molar-refractivity contribution >= 4 is 0 Å². The van der Waals surface area contributed by atoms with E-state index in [-0.39, 0.29) is 6.10 Å². The fourth-order valence-electron chi connectivity index (χ4n) is 2.93. The maximum Gasteiger partial charge on any atom is 0.122 e. The van der Waals surface area contributed by atoms with E-state index in [1.165, 1.54) is 5.56 Å². The molecular weight excluding hydrogens is 228 g/mol. The monoisotopic (exact) mass is 248 g/mol. The molecule has 18 heavy (non-hydrogen) atoms. The summed E-state index contributed by atoms with van der Waals surface area (Å²) >= 11 is 0. The minimum absolute atomic E-state index is 0.174. The predicted octanol–water partition coefficient (Wildman–Crippen LogP) is 2.40. The van der Waals surface area contributed by atoms with Crippen LogP contribution in [0.2, 0.25) is 0 Å². The topological polar surface area (TPSA) is 38.7 Å². The minimum Gasteiger partial charge on any atom is -0.493 e. The third-order valence-corrected chi connectivity index (χ3v) is 4.12. The van der Waals surface area contributed by atoms with Gasteiger partial charge in [-0.2, -0.15) is 0 Å². The second-order valence-electron chi connectivity index (χ2n) is 5.31. The van der Waals surface area contributed by atoms with Crippen LogP contribution in [0.15, 0.2) is 18.2 Å². The van der Waals surface area contributed by atoms with Gasteiger partial charge in [-0.15, -0.1) is 0 Å². The molecule has 2 aliphatic rings. The molecular formula is C15H20O3. The quantitative estimate of drug-likeness (QED) is 0.873. The minimum atomic E-state index is -0.726. The van der Waals surface area contributed by atoms with E-state index in [1.54, 1.807) is 0 Å². The normalized spacial score (nSPS) is 30.9. The standard InChI is InChI=1S/C15H20O3/c1-2-13-10-15(16,6-8-17-13)12-3-4-14-11(9-12)5-7-18-14/h3-4,9,13,16H,2,5-8,10H2,1H3. The fourth-order valence-corrected chi connectivity index (χ4v) is 2.93. The Morgan fingerprint density at radius 2 is 2.28 bits per heavy atom. The van der Waals surface area contributed by atoms with E-state index >= 15 is 0 Å². The molecule has 0 aromatic heterocycles. The number of aliphatic hydroxyl groups is 1. The largest absolute Gasteiger partial charge is 0.493 e. The molecule has 0 radical (unpaired) electrons. The molecule has 1 aromatic carbocycles. The van der Waals surface area contributed by atoms with Gasteiger partial charge >= 0.3 is 0 Å². The van der Waals surface area contributed by atoms with Gasteiger partial charge < -0.3 is 14.6 Å². The molecule has 2 atom stereocenters. The molecule has 3 rings (SSSR count). The molecule has 0 aliphatic carbocycles. The third-order valence-electron chi connectivity index (χ3n) is 4.12. The summed E-state index contributed by atoms with van der Waals surface area (Å²) in [6.45, 7) is 3.51. The molecule has 2 aliphatic heterocycles. The Morgan fingerprint density at radius 1 is 1.39 bits per heavy atom. The van der Waals surface area contributed by atoms with Crippen LogP contribution in [0.4, 0.5) is 0 Å². The molecule has 2 heterocycles. The van der Waals surface area contributed by atoms with Crippen molar-refractivity contribution < 1.29 is 14.6 Å². The Labute approximate surface area is 108 Å². The Hall–Kier alpha value is -1.06. The van der Waals surface area contributed by atoms with Crippen LogP contribution in [0.3, 0.4) is 0 Å². The van der Waals surface area contributed by atoms with Crippen molar-refractivity contribution in [3.05, 3.63) is 29.3 Å². The Kier molecular flexibility index (Phi) is 3.04. The van der Waals surface area contributed by atoms with Crippen LogP contribution < -0.4 is 4.74 Å². The first kappa shape index (κ1) is 12.0. The Bertz CT molecular complexity index is 443. The van der Waals surface area contributed by atoms with Crippen molar-refractivity contribution in [2.24, 2.45) is 0 Å². The van der Waals surface area contributed by atoms with E-state index in [9.17, 15) is 5.11 Å². The van der Waals surface area contributed by atoms with Gasteiger partial charge in [0.25, 0.3) is 0 Å². The van der Waals surface area contributed by atoms with Gasteiger partial charge in [0, 0.05) is 19.3 Å². The molecule has 0 spiro atoms. The Morgan fingerprint density at radius 3 is 3.11 bits per heavy atom. The molecule has 3 heteroatoms. The van der Waals surface area contributed by atoms with Crippen LogP contribution in [0.1, 0.15) is 37.3 Å². The highest BCUT2D eigenvalue weighted by molar-refractivity contribution is 5.41. The second kappa shape index (κ2) is 4.56. The number of benzene rings is 1. The third kappa shape index (κ3) is 2.02. The molecule has 3 nitrogen and oxygen atoms in total. The summed E-state index contributed by atoms with van der Waals surface area (Å²) in [5, 5.41) is 10.9. The van der Waals surface area contributed by atoms with Crippen molar-refractivity contribution in [3.8, 4) is 5.75 Å². The first-order valence-electron chi connectivity index (χ1n) is 6.81. The molecule has 98 valence electrons. The SMILES string of the molecule is CCC1CC(O)(c2ccc3c(c2)CCO3)CCO1. The van der Waals surface area contributed by atoms with Gasteiger partial charge in [0.05, 0.1) is 24.9 Å². The van der Waals surface area contributed by atoms with Gasteiger partial charge in [0.1, 0.15) is 5.75 Å². The van der Waals surface area contributed by atoms with Gasteiger partial charge in [-0.25, -0.2) is 0 Å². The van der Waals surface area contributed by atoms with E-state index in [2.05, 4.69) is 13.0 Å². The van der Waals surface area contributed by atoms with Crippen molar-refractivity contribution in [1.82, 2.24) is 0 Å². The average molecular weight is 248 g/mol. The van der Waals surface area contributed by atoms with Crippen LogP contribution in [0.5, 0.6) is 5.75 Å². The smallest absolute Gasteiger partial charge is 0.122 e. The maximum absolute atomic E-state index is 10.9. The molecule has 0 saturated carbocycles. The molecule has 0 amide bonds. The van der Waals surface area contributed by atoms with Crippen LogP contribution in [0, 0.1) is 0 Å². The number of hydrogen-bond donors (Lipinski definition) is 1. The number of hydrogen-bond acceptors (Lipinski definition) is 3. The molecule has 1 N–H and O–H groups in total. The van der Waals surface area contributed by atoms with E-state index in [0.29, 0.717) is 19.4 Å². The summed E-state index contributed by atoms with van der Waals surface area (Å²) in [7, 11) is 0. The van der Waals surface area contributed by atoms with Gasteiger partial charge in [-0.05, 0) is 29.7 Å². The zero-order valence-electron chi connectivity index (χ0n) is 10.8. The highest BCUT2D eigenvalue weighted by Crippen LogP contribution is 2.38. The summed E-state index contributed by atoms with van der Waals surface area (Å²) in [5.74, 6) is 0.974. The van der Waals surface area contributed by atoms with Crippen molar-refractivity contribution in [3.63, 3.8) is 0 Å². The summed E-state index contributed by atoms with van der Waals surface area (Å²) in [6.07, 6.45) is 3.46. The van der Waals surface area contributed by atoms with E-state index in [4.69, 9.17) is 9.47 Å². The van der Waals surface area contributed by atoms with Crippen LogP contribution in [0.25, 0.3) is 0 Å². The summed E-state index contributed by atoms with van der Waals surface area (Å²) in [4.78, 5) is 0. The molecule has 1 fully saturated rings. The van der Waals surface area contributed by atoms with Crippen molar-refractivity contribution in [1.29, 1.82) is 0 Å². The van der Waals surface area contributed by atoms with Crippen LogP contribution in [-0.4, -0.2) is 24.4 Å². The average Bonchev–Trinajstić information content (AvgIpc) is 2.86. The Balaban J connectivity index is 1.88. The molecule has 1 aromatic rings.